The van der Waals surface area contributed by atoms with E-state index in [-0.39, 0.29) is 0 Å². The van der Waals surface area contributed by atoms with Crippen molar-refractivity contribution in [1.82, 2.24) is 0 Å². The van der Waals surface area contributed by atoms with E-state index in [0.717, 1.165) is 18.0 Å². The van der Waals surface area contributed by atoms with Gasteiger partial charge in [-0.2, -0.15) is 0 Å². The van der Waals surface area contributed by atoms with Gasteiger partial charge < -0.3 is 10.1 Å². The predicted molar refractivity (Wildman–Crippen MR) is 85.8 cm³/mol. The van der Waals surface area contributed by atoms with Crippen LogP contribution in [0.15, 0.2) is 36.4 Å². The third-order valence-corrected chi connectivity index (χ3v) is 3.47. The summed E-state index contributed by atoms with van der Waals surface area (Å²) in [4.78, 5) is 0. The molecule has 0 saturated heterocycles. The molecule has 0 radical (unpaired) electrons. The maximum absolute atomic E-state index is 5.89. The van der Waals surface area contributed by atoms with Crippen molar-refractivity contribution in [3.8, 4) is 5.75 Å². The molecule has 0 saturated carbocycles. The lowest BCUT2D eigenvalue weighted by molar-refractivity contribution is 0.330. The lowest BCUT2D eigenvalue weighted by Gasteiger charge is -2.13. The molecule has 0 fully saturated rings. The molecule has 2 aromatic rings. The molecular formula is C18H23NO. The van der Waals surface area contributed by atoms with Gasteiger partial charge in [0.1, 0.15) is 12.4 Å². The van der Waals surface area contributed by atoms with Crippen LogP contribution in [0.4, 0.5) is 5.69 Å². The van der Waals surface area contributed by atoms with Crippen molar-refractivity contribution in [3.05, 3.63) is 58.7 Å². The van der Waals surface area contributed by atoms with E-state index in [1.54, 1.807) is 0 Å². The first-order chi connectivity index (χ1) is 9.56. The van der Waals surface area contributed by atoms with E-state index in [9.17, 15) is 0 Å². The third-order valence-electron chi connectivity index (χ3n) is 3.47. The number of nitrogens with one attached hydrogen (secondary N) is 1. The van der Waals surface area contributed by atoms with Gasteiger partial charge in [0, 0.05) is 12.2 Å². The highest BCUT2D eigenvalue weighted by Crippen LogP contribution is 2.23. The third kappa shape index (κ3) is 3.77. The minimum Gasteiger partial charge on any atom is -0.491 e. The smallest absolute Gasteiger partial charge is 0.122 e. The molecule has 2 aromatic carbocycles. The Labute approximate surface area is 121 Å². The largest absolute Gasteiger partial charge is 0.491 e. The summed E-state index contributed by atoms with van der Waals surface area (Å²) in [6, 6.07) is 12.7. The second-order valence-electron chi connectivity index (χ2n) is 5.35. The summed E-state index contributed by atoms with van der Waals surface area (Å²) in [5, 5.41) is 3.38. The van der Waals surface area contributed by atoms with Crippen LogP contribution in [0.5, 0.6) is 5.75 Å². The molecule has 0 aromatic heterocycles. The number of rotatable bonds is 5. The number of anilines is 1. The van der Waals surface area contributed by atoms with Crippen LogP contribution >= 0.6 is 0 Å². The quantitative estimate of drug-likeness (QED) is 0.812. The topological polar surface area (TPSA) is 21.3 Å². The Kier molecular flexibility index (Phi) is 4.67. The molecule has 20 heavy (non-hydrogen) atoms. The van der Waals surface area contributed by atoms with Gasteiger partial charge in [0.25, 0.3) is 0 Å². The van der Waals surface area contributed by atoms with Crippen LogP contribution in [0.3, 0.4) is 0 Å². The molecule has 0 aliphatic rings. The zero-order valence-corrected chi connectivity index (χ0v) is 12.8. The molecule has 0 unspecified atom stereocenters. The number of hydrogen-bond acceptors (Lipinski definition) is 2. The molecule has 0 atom stereocenters. The first-order valence-electron chi connectivity index (χ1n) is 7.07. The van der Waals surface area contributed by atoms with E-state index in [4.69, 9.17) is 4.74 Å². The lowest BCUT2D eigenvalue weighted by atomic mass is 10.1. The highest BCUT2D eigenvalue weighted by Gasteiger charge is 2.03. The molecule has 2 rings (SSSR count). The van der Waals surface area contributed by atoms with E-state index in [2.05, 4.69) is 69.4 Å². The number of benzene rings is 2. The number of aryl methyl sites for hydroxylation is 3. The second-order valence-corrected chi connectivity index (χ2v) is 5.35. The molecule has 106 valence electrons. The van der Waals surface area contributed by atoms with Crippen LogP contribution in [0.2, 0.25) is 0 Å². The molecule has 0 heterocycles. The molecule has 0 aliphatic heterocycles. The fraction of sp³-hybridized carbons (Fsp3) is 0.333. The summed E-state index contributed by atoms with van der Waals surface area (Å²) < 4.78 is 5.89. The van der Waals surface area contributed by atoms with Gasteiger partial charge in [0.15, 0.2) is 0 Å². The molecule has 0 bridgehead atoms. The van der Waals surface area contributed by atoms with Crippen LogP contribution in [-0.2, 0) is 0 Å². The highest BCUT2D eigenvalue weighted by molar-refractivity contribution is 5.45. The van der Waals surface area contributed by atoms with E-state index in [1.165, 1.54) is 22.3 Å². The van der Waals surface area contributed by atoms with E-state index in [1.807, 2.05) is 0 Å². The number of hydrogen-bond donors (Lipinski definition) is 1. The van der Waals surface area contributed by atoms with Crippen LogP contribution < -0.4 is 10.1 Å². The monoisotopic (exact) mass is 269 g/mol. The van der Waals surface area contributed by atoms with Crippen LogP contribution in [0.1, 0.15) is 22.3 Å². The van der Waals surface area contributed by atoms with Crippen molar-refractivity contribution in [2.45, 2.75) is 27.7 Å². The maximum atomic E-state index is 5.89. The average molecular weight is 269 g/mol. The SMILES string of the molecule is Cc1cccc(NCCOc2cc(C)cc(C)c2C)c1. The zero-order valence-electron chi connectivity index (χ0n) is 12.8. The average Bonchev–Trinajstić information content (AvgIpc) is 2.40. The van der Waals surface area contributed by atoms with Gasteiger partial charge in [0.05, 0.1) is 0 Å². The Balaban J connectivity index is 1.87. The van der Waals surface area contributed by atoms with Gasteiger partial charge in [-0.3, -0.25) is 0 Å². The molecule has 0 aliphatic carbocycles. The first kappa shape index (κ1) is 14.4. The Morgan fingerprint density at radius 3 is 2.50 bits per heavy atom. The fourth-order valence-corrected chi connectivity index (χ4v) is 2.26. The van der Waals surface area contributed by atoms with Crippen molar-refractivity contribution < 1.29 is 4.74 Å². The van der Waals surface area contributed by atoms with Crippen LogP contribution in [0, 0.1) is 27.7 Å². The molecule has 0 spiro atoms. The molecule has 2 nitrogen and oxygen atoms in total. The Morgan fingerprint density at radius 1 is 0.950 bits per heavy atom. The Morgan fingerprint density at radius 2 is 1.75 bits per heavy atom. The van der Waals surface area contributed by atoms with Gasteiger partial charge in [-0.15, -0.1) is 0 Å². The van der Waals surface area contributed by atoms with Crippen LogP contribution in [-0.4, -0.2) is 13.2 Å². The van der Waals surface area contributed by atoms with Gasteiger partial charge >= 0.3 is 0 Å². The summed E-state index contributed by atoms with van der Waals surface area (Å²) in [5.41, 5.74) is 6.17. The predicted octanol–water partition coefficient (Wildman–Crippen LogP) is 4.41. The summed E-state index contributed by atoms with van der Waals surface area (Å²) >= 11 is 0. The van der Waals surface area contributed by atoms with Crippen molar-refractivity contribution in [3.63, 3.8) is 0 Å². The Bertz CT molecular complexity index is 590. The van der Waals surface area contributed by atoms with E-state index >= 15 is 0 Å². The van der Waals surface area contributed by atoms with Gasteiger partial charge in [0.2, 0.25) is 0 Å². The summed E-state index contributed by atoms with van der Waals surface area (Å²) in [7, 11) is 0. The molecule has 0 amide bonds. The summed E-state index contributed by atoms with van der Waals surface area (Å²) in [6.07, 6.45) is 0. The minimum absolute atomic E-state index is 0.664. The second kappa shape index (κ2) is 6.47. The fourth-order valence-electron chi connectivity index (χ4n) is 2.26. The highest BCUT2D eigenvalue weighted by atomic mass is 16.5. The molecular weight excluding hydrogens is 246 g/mol. The van der Waals surface area contributed by atoms with E-state index < -0.39 is 0 Å². The zero-order chi connectivity index (χ0) is 14.5. The molecule has 1 N–H and O–H groups in total. The minimum atomic E-state index is 0.664. The molecule has 2 heteroatoms. The summed E-state index contributed by atoms with van der Waals surface area (Å²) in [5.74, 6) is 0.994. The van der Waals surface area contributed by atoms with Gasteiger partial charge in [-0.25, -0.2) is 0 Å². The van der Waals surface area contributed by atoms with Crippen molar-refractivity contribution in [2.75, 3.05) is 18.5 Å². The van der Waals surface area contributed by atoms with Crippen LogP contribution in [0.25, 0.3) is 0 Å². The normalized spacial score (nSPS) is 10.4. The van der Waals surface area contributed by atoms with Crippen molar-refractivity contribution in [1.29, 1.82) is 0 Å². The Hall–Kier alpha value is -1.96. The maximum Gasteiger partial charge on any atom is 0.122 e. The van der Waals surface area contributed by atoms with Crippen molar-refractivity contribution >= 4 is 5.69 Å². The van der Waals surface area contributed by atoms with Gasteiger partial charge in [-0.05, 0) is 68.1 Å². The first-order valence-corrected chi connectivity index (χ1v) is 7.07. The number of ether oxygens (including phenoxy) is 1. The lowest BCUT2D eigenvalue weighted by Crippen LogP contribution is -2.12. The van der Waals surface area contributed by atoms with Gasteiger partial charge in [-0.1, -0.05) is 18.2 Å². The standard InChI is InChI=1S/C18H23NO/c1-13-6-5-7-17(11-13)19-8-9-20-18-12-14(2)10-15(3)16(18)4/h5-7,10-12,19H,8-9H2,1-4H3. The van der Waals surface area contributed by atoms with E-state index in [0.29, 0.717) is 6.61 Å². The van der Waals surface area contributed by atoms with Crippen molar-refractivity contribution in [2.24, 2.45) is 0 Å². The summed E-state index contributed by atoms with van der Waals surface area (Å²) in [6.45, 7) is 9.90.